The first kappa shape index (κ1) is 15.6. The van der Waals surface area contributed by atoms with Crippen LogP contribution in [0.1, 0.15) is 26.3 Å². The van der Waals surface area contributed by atoms with E-state index in [-0.39, 0.29) is 11.8 Å². The van der Waals surface area contributed by atoms with Gasteiger partial charge in [0.2, 0.25) is 0 Å². The van der Waals surface area contributed by atoms with Crippen molar-refractivity contribution in [3.63, 3.8) is 0 Å². The first-order chi connectivity index (χ1) is 12.2. The van der Waals surface area contributed by atoms with Crippen molar-refractivity contribution in [2.75, 3.05) is 32.8 Å². The van der Waals surface area contributed by atoms with E-state index < -0.39 is 0 Å². The van der Waals surface area contributed by atoms with Crippen LogP contribution >= 0.6 is 0 Å². The van der Waals surface area contributed by atoms with Crippen LogP contribution in [0.3, 0.4) is 0 Å². The van der Waals surface area contributed by atoms with Gasteiger partial charge in [0.1, 0.15) is 5.75 Å². The van der Waals surface area contributed by atoms with Crippen LogP contribution in [-0.4, -0.2) is 59.4 Å². The van der Waals surface area contributed by atoms with E-state index in [9.17, 15) is 9.59 Å². The number of nitrogens with zero attached hydrogens (tertiary/aromatic N) is 3. The van der Waals surface area contributed by atoms with Crippen molar-refractivity contribution < 1.29 is 14.3 Å². The summed E-state index contributed by atoms with van der Waals surface area (Å²) >= 11 is 0. The first-order valence-electron chi connectivity index (χ1n) is 8.47. The highest BCUT2D eigenvalue weighted by Crippen LogP contribution is 2.26. The zero-order valence-corrected chi connectivity index (χ0v) is 13.9. The van der Waals surface area contributed by atoms with Gasteiger partial charge in [-0.05, 0) is 35.9 Å². The van der Waals surface area contributed by atoms with Gasteiger partial charge in [-0.25, -0.2) is 0 Å². The fourth-order valence-corrected chi connectivity index (χ4v) is 3.29. The lowest BCUT2D eigenvalue weighted by molar-refractivity contribution is 0.0535. The molecule has 2 aliphatic rings. The minimum absolute atomic E-state index is 0.0100. The van der Waals surface area contributed by atoms with E-state index in [1.165, 1.54) is 0 Å². The fourth-order valence-electron chi connectivity index (χ4n) is 3.29. The van der Waals surface area contributed by atoms with Crippen LogP contribution in [0.2, 0.25) is 0 Å². The number of aromatic nitrogens is 1. The molecule has 1 aromatic heterocycles. The third kappa shape index (κ3) is 3.07. The summed E-state index contributed by atoms with van der Waals surface area (Å²) < 4.78 is 5.49. The summed E-state index contributed by atoms with van der Waals surface area (Å²) in [5, 5.41) is 0. The molecular weight excluding hydrogens is 318 g/mol. The molecule has 1 fully saturated rings. The van der Waals surface area contributed by atoms with E-state index in [0.717, 1.165) is 17.7 Å². The molecule has 0 radical (unpaired) electrons. The summed E-state index contributed by atoms with van der Waals surface area (Å²) in [4.78, 5) is 32.7. The number of pyridine rings is 1. The Balaban J connectivity index is 1.40. The molecule has 0 bridgehead atoms. The predicted octanol–water partition coefficient (Wildman–Crippen LogP) is 1.61. The second-order valence-corrected chi connectivity index (χ2v) is 6.24. The predicted molar refractivity (Wildman–Crippen MR) is 91.7 cm³/mol. The molecule has 0 saturated carbocycles. The van der Waals surface area contributed by atoms with Gasteiger partial charge in [-0.15, -0.1) is 0 Å². The number of ether oxygens (including phenoxy) is 1. The Hall–Kier alpha value is -2.89. The molecule has 2 amide bonds. The topological polar surface area (TPSA) is 62.7 Å². The number of benzene rings is 1. The molecule has 0 spiro atoms. The maximum Gasteiger partial charge on any atom is 0.254 e. The highest BCUT2D eigenvalue weighted by molar-refractivity contribution is 5.96. The Kier molecular flexibility index (Phi) is 4.09. The minimum Gasteiger partial charge on any atom is -0.493 e. The van der Waals surface area contributed by atoms with Crippen LogP contribution in [0.15, 0.2) is 42.7 Å². The van der Waals surface area contributed by atoms with Gasteiger partial charge in [-0.1, -0.05) is 0 Å². The van der Waals surface area contributed by atoms with Crippen molar-refractivity contribution in [1.29, 1.82) is 0 Å². The highest BCUT2D eigenvalue weighted by Gasteiger charge is 2.26. The number of amides is 2. The second-order valence-electron chi connectivity index (χ2n) is 6.24. The van der Waals surface area contributed by atoms with Crippen LogP contribution in [-0.2, 0) is 6.42 Å². The van der Waals surface area contributed by atoms with Crippen LogP contribution in [0, 0.1) is 0 Å². The molecule has 6 nitrogen and oxygen atoms in total. The molecule has 6 heteroatoms. The number of hydrogen-bond donors (Lipinski definition) is 0. The minimum atomic E-state index is -0.0100. The molecule has 0 unspecified atom stereocenters. The fraction of sp³-hybridized carbons (Fsp3) is 0.316. The summed E-state index contributed by atoms with van der Waals surface area (Å²) in [6.45, 7) is 2.86. The van der Waals surface area contributed by atoms with Crippen molar-refractivity contribution in [1.82, 2.24) is 14.8 Å². The number of rotatable bonds is 2. The molecule has 4 rings (SSSR count). The summed E-state index contributed by atoms with van der Waals surface area (Å²) in [7, 11) is 0. The quantitative estimate of drug-likeness (QED) is 0.835. The van der Waals surface area contributed by atoms with E-state index in [1.807, 2.05) is 23.1 Å². The summed E-state index contributed by atoms with van der Waals surface area (Å²) in [6.07, 6.45) is 4.08. The molecule has 0 aliphatic carbocycles. The second kappa shape index (κ2) is 6.55. The van der Waals surface area contributed by atoms with Gasteiger partial charge >= 0.3 is 0 Å². The molecule has 1 aromatic carbocycles. The van der Waals surface area contributed by atoms with Gasteiger partial charge in [-0.3, -0.25) is 14.6 Å². The maximum absolute atomic E-state index is 12.7. The number of hydrogen-bond acceptors (Lipinski definition) is 4. The van der Waals surface area contributed by atoms with Gasteiger partial charge in [0.05, 0.1) is 6.61 Å². The van der Waals surface area contributed by atoms with Gasteiger partial charge < -0.3 is 14.5 Å². The third-order valence-corrected chi connectivity index (χ3v) is 4.72. The van der Waals surface area contributed by atoms with Crippen LogP contribution in [0.5, 0.6) is 5.75 Å². The van der Waals surface area contributed by atoms with Crippen LogP contribution in [0.25, 0.3) is 0 Å². The van der Waals surface area contributed by atoms with Crippen LogP contribution in [0.4, 0.5) is 0 Å². The van der Waals surface area contributed by atoms with Crippen molar-refractivity contribution in [3.05, 3.63) is 59.4 Å². The molecule has 0 N–H and O–H groups in total. The van der Waals surface area contributed by atoms with Gasteiger partial charge in [0, 0.05) is 56.1 Å². The molecule has 1 saturated heterocycles. The molecule has 2 aromatic rings. The van der Waals surface area contributed by atoms with Crippen molar-refractivity contribution in [2.24, 2.45) is 0 Å². The molecule has 128 valence electrons. The standard InChI is InChI=1S/C19H19N3O3/c23-18(14-3-6-20-7-4-14)21-8-10-22(11-9-21)19(24)16-1-2-17-15(13-16)5-12-25-17/h1-4,6-7,13H,5,8-12H2. The van der Waals surface area contributed by atoms with Gasteiger partial charge in [0.15, 0.2) is 0 Å². The Morgan fingerprint density at radius 1 is 0.880 bits per heavy atom. The van der Waals surface area contributed by atoms with Crippen molar-refractivity contribution >= 4 is 11.8 Å². The highest BCUT2D eigenvalue weighted by atomic mass is 16.5. The lowest BCUT2D eigenvalue weighted by Crippen LogP contribution is -2.50. The number of fused-ring (bicyclic) bond motifs is 1. The lowest BCUT2D eigenvalue weighted by Gasteiger charge is -2.35. The first-order valence-corrected chi connectivity index (χ1v) is 8.47. The number of carbonyl (C=O) groups excluding carboxylic acids is 2. The Morgan fingerprint density at radius 3 is 2.20 bits per heavy atom. The average Bonchev–Trinajstić information content (AvgIpc) is 3.15. The smallest absolute Gasteiger partial charge is 0.254 e. The van der Waals surface area contributed by atoms with Crippen LogP contribution < -0.4 is 4.74 Å². The van der Waals surface area contributed by atoms with E-state index in [1.54, 1.807) is 29.4 Å². The molecule has 3 heterocycles. The molecule has 2 aliphatic heterocycles. The zero-order chi connectivity index (χ0) is 17.2. The van der Waals surface area contributed by atoms with E-state index >= 15 is 0 Å². The Bertz CT molecular complexity index is 799. The molecule has 0 atom stereocenters. The molecule has 25 heavy (non-hydrogen) atoms. The third-order valence-electron chi connectivity index (χ3n) is 4.72. The van der Waals surface area contributed by atoms with Crippen molar-refractivity contribution in [2.45, 2.75) is 6.42 Å². The summed E-state index contributed by atoms with van der Waals surface area (Å²) in [5.41, 5.74) is 2.42. The number of piperazine rings is 1. The zero-order valence-electron chi connectivity index (χ0n) is 13.9. The lowest BCUT2D eigenvalue weighted by atomic mass is 10.1. The summed E-state index contributed by atoms with van der Waals surface area (Å²) in [6, 6.07) is 9.05. The summed E-state index contributed by atoms with van der Waals surface area (Å²) in [5.74, 6) is 0.888. The molecular formula is C19H19N3O3. The van der Waals surface area contributed by atoms with Gasteiger partial charge in [-0.2, -0.15) is 0 Å². The SMILES string of the molecule is O=C(c1ccncc1)N1CCN(C(=O)c2ccc3c(c2)CCO3)CC1. The Morgan fingerprint density at radius 2 is 1.52 bits per heavy atom. The van der Waals surface area contributed by atoms with Crippen molar-refractivity contribution in [3.8, 4) is 5.75 Å². The Labute approximate surface area is 146 Å². The normalized spacial score (nSPS) is 16.3. The number of carbonyl (C=O) groups is 2. The largest absolute Gasteiger partial charge is 0.493 e. The van der Waals surface area contributed by atoms with E-state index in [2.05, 4.69) is 4.98 Å². The monoisotopic (exact) mass is 337 g/mol. The van der Waals surface area contributed by atoms with Gasteiger partial charge in [0.25, 0.3) is 11.8 Å². The average molecular weight is 337 g/mol. The van der Waals surface area contributed by atoms with E-state index in [0.29, 0.717) is 43.9 Å². The van der Waals surface area contributed by atoms with E-state index in [4.69, 9.17) is 4.74 Å². The maximum atomic E-state index is 12.7.